The highest BCUT2D eigenvalue weighted by molar-refractivity contribution is 7.92. The van der Waals surface area contributed by atoms with E-state index in [1.807, 2.05) is 55.7 Å². The van der Waals surface area contributed by atoms with E-state index in [0.29, 0.717) is 16.6 Å². The minimum Gasteiger partial charge on any atom is -0.462 e. The maximum atomic E-state index is 12.9. The number of fused-ring (bicyclic) bond motifs is 1. The van der Waals surface area contributed by atoms with E-state index in [-0.39, 0.29) is 11.5 Å². The lowest BCUT2D eigenvalue weighted by atomic mass is 10.1. The van der Waals surface area contributed by atoms with Gasteiger partial charge in [-0.25, -0.2) is 13.2 Å². The van der Waals surface area contributed by atoms with Crippen molar-refractivity contribution in [3.8, 4) is 5.69 Å². The highest BCUT2D eigenvalue weighted by Crippen LogP contribution is 2.34. The Bertz CT molecular complexity index is 1440. The number of rotatable bonds is 6. The molecule has 0 atom stereocenters. The molecule has 0 radical (unpaired) electrons. The van der Waals surface area contributed by atoms with E-state index in [9.17, 15) is 13.2 Å². The molecule has 4 aromatic rings. The van der Waals surface area contributed by atoms with Gasteiger partial charge in [0.2, 0.25) is 0 Å². The molecular weight excluding hydrogens is 436 g/mol. The van der Waals surface area contributed by atoms with Gasteiger partial charge in [-0.1, -0.05) is 35.9 Å². The lowest BCUT2D eigenvalue weighted by Gasteiger charge is -2.13. The maximum absolute atomic E-state index is 12.9. The summed E-state index contributed by atoms with van der Waals surface area (Å²) in [5.74, 6) is -0.438. The van der Waals surface area contributed by atoms with Gasteiger partial charge in [0.15, 0.2) is 0 Å². The predicted molar refractivity (Wildman–Crippen MR) is 131 cm³/mol. The monoisotopic (exact) mass is 462 g/mol. The van der Waals surface area contributed by atoms with Gasteiger partial charge in [-0.05, 0) is 69.7 Å². The molecule has 0 aliphatic carbocycles. The van der Waals surface area contributed by atoms with Crippen LogP contribution in [0.4, 0.5) is 5.69 Å². The normalized spacial score (nSPS) is 11.5. The number of carbonyl (C=O) groups excluding carboxylic acids is 1. The van der Waals surface area contributed by atoms with E-state index < -0.39 is 16.0 Å². The zero-order valence-electron chi connectivity index (χ0n) is 19.0. The molecule has 0 amide bonds. The van der Waals surface area contributed by atoms with Gasteiger partial charge in [0.1, 0.15) is 0 Å². The lowest BCUT2D eigenvalue weighted by molar-refractivity contribution is 0.0527. The van der Waals surface area contributed by atoms with Crippen LogP contribution in [0.25, 0.3) is 16.6 Å². The predicted octanol–water partition coefficient (Wildman–Crippen LogP) is 5.53. The van der Waals surface area contributed by atoms with Crippen LogP contribution in [0.2, 0.25) is 0 Å². The third-order valence-electron chi connectivity index (χ3n) is 5.62. The number of anilines is 1. The SMILES string of the molecule is CCOC(=O)c1c(C)n(-c2ccc(C)cc2)c2cc(C)c(NS(=O)(=O)c3ccccc3)cc12. The molecule has 0 aliphatic heterocycles. The van der Waals surface area contributed by atoms with E-state index >= 15 is 0 Å². The summed E-state index contributed by atoms with van der Waals surface area (Å²) in [5, 5.41) is 0.628. The summed E-state index contributed by atoms with van der Waals surface area (Å²) in [4.78, 5) is 13.1. The first-order valence-corrected chi connectivity index (χ1v) is 12.2. The smallest absolute Gasteiger partial charge is 0.340 e. The molecule has 1 heterocycles. The van der Waals surface area contributed by atoms with Crippen LogP contribution in [0.15, 0.2) is 71.6 Å². The minimum atomic E-state index is -3.78. The Morgan fingerprint density at radius 2 is 1.64 bits per heavy atom. The molecule has 4 rings (SSSR count). The molecule has 0 fully saturated rings. The van der Waals surface area contributed by atoms with Crippen LogP contribution in [-0.2, 0) is 14.8 Å². The highest BCUT2D eigenvalue weighted by atomic mass is 32.2. The Hall–Kier alpha value is -3.58. The second kappa shape index (κ2) is 8.75. The van der Waals surface area contributed by atoms with Crippen LogP contribution < -0.4 is 4.72 Å². The molecule has 1 N–H and O–H groups in total. The van der Waals surface area contributed by atoms with Crippen molar-refractivity contribution in [1.82, 2.24) is 4.57 Å². The van der Waals surface area contributed by atoms with Gasteiger partial charge in [-0.2, -0.15) is 0 Å². The van der Waals surface area contributed by atoms with Gasteiger partial charge in [0, 0.05) is 16.8 Å². The van der Waals surface area contributed by atoms with E-state index in [1.54, 1.807) is 31.2 Å². The molecule has 0 bridgehead atoms. The summed E-state index contributed by atoms with van der Waals surface area (Å²) in [5.41, 5.74) is 5.16. The zero-order chi connectivity index (χ0) is 23.8. The molecule has 6 nitrogen and oxygen atoms in total. The highest BCUT2D eigenvalue weighted by Gasteiger charge is 2.24. The average Bonchev–Trinajstić information content (AvgIpc) is 3.06. The Morgan fingerprint density at radius 3 is 2.27 bits per heavy atom. The molecule has 0 saturated carbocycles. The number of hydrogen-bond acceptors (Lipinski definition) is 4. The number of ether oxygens (including phenoxy) is 1. The van der Waals surface area contributed by atoms with Crippen LogP contribution >= 0.6 is 0 Å². The standard InChI is InChI=1S/C26H26N2O4S/c1-5-32-26(29)25-19(4)28(20-13-11-17(2)12-14-20)24-15-18(3)23(16-22(24)25)27-33(30,31)21-9-7-6-8-10-21/h6-16,27H,5H2,1-4H3. The van der Waals surface area contributed by atoms with E-state index in [1.165, 1.54) is 12.1 Å². The molecule has 7 heteroatoms. The van der Waals surface area contributed by atoms with Crippen molar-refractivity contribution in [3.63, 3.8) is 0 Å². The van der Waals surface area contributed by atoms with Crippen molar-refractivity contribution >= 4 is 32.6 Å². The first kappa shape index (κ1) is 22.6. The third kappa shape index (κ3) is 4.24. The van der Waals surface area contributed by atoms with Gasteiger partial charge >= 0.3 is 5.97 Å². The Morgan fingerprint density at radius 1 is 0.970 bits per heavy atom. The van der Waals surface area contributed by atoms with Crippen LogP contribution in [-0.4, -0.2) is 25.6 Å². The Balaban J connectivity index is 1.92. The van der Waals surface area contributed by atoms with Crippen molar-refractivity contribution in [2.24, 2.45) is 0 Å². The van der Waals surface area contributed by atoms with Crippen LogP contribution in [0, 0.1) is 20.8 Å². The molecule has 0 unspecified atom stereocenters. The molecule has 170 valence electrons. The summed E-state index contributed by atoms with van der Waals surface area (Å²) >= 11 is 0. The molecule has 33 heavy (non-hydrogen) atoms. The van der Waals surface area contributed by atoms with Gasteiger partial charge < -0.3 is 9.30 Å². The minimum absolute atomic E-state index is 0.170. The topological polar surface area (TPSA) is 77.4 Å². The van der Waals surface area contributed by atoms with Crippen molar-refractivity contribution in [2.75, 3.05) is 11.3 Å². The fourth-order valence-corrected chi connectivity index (χ4v) is 5.11. The zero-order valence-corrected chi connectivity index (χ0v) is 19.9. The summed E-state index contributed by atoms with van der Waals surface area (Å²) in [6, 6.07) is 19.8. The van der Waals surface area contributed by atoms with Crippen molar-refractivity contribution in [2.45, 2.75) is 32.6 Å². The van der Waals surface area contributed by atoms with Gasteiger partial charge in [-0.3, -0.25) is 4.72 Å². The van der Waals surface area contributed by atoms with Gasteiger partial charge in [0.25, 0.3) is 10.0 Å². The van der Waals surface area contributed by atoms with Crippen LogP contribution in [0.1, 0.15) is 34.1 Å². The second-order valence-corrected chi connectivity index (χ2v) is 9.64. The second-order valence-electron chi connectivity index (χ2n) is 7.95. The average molecular weight is 463 g/mol. The van der Waals surface area contributed by atoms with E-state index in [2.05, 4.69) is 4.72 Å². The largest absolute Gasteiger partial charge is 0.462 e. The lowest BCUT2D eigenvalue weighted by Crippen LogP contribution is -2.13. The van der Waals surface area contributed by atoms with Crippen molar-refractivity contribution in [3.05, 3.63) is 89.1 Å². The number of nitrogens with one attached hydrogen (secondary N) is 1. The molecule has 0 saturated heterocycles. The molecule has 3 aromatic carbocycles. The fourth-order valence-electron chi connectivity index (χ4n) is 3.97. The van der Waals surface area contributed by atoms with Crippen molar-refractivity contribution in [1.29, 1.82) is 0 Å². The Labute approximate surface area is 193 Å². The van der Waals surface area contributed by atoms with Crippen LogP contribution in [0.5, 0.6) is 0 Å². The van der Waals surface area contributed by atoms with Gasteiger partial charge in [-0.15, -0.1) is 0 Å². The van der Waals surface area contributed by atoms with E-state index in [4.69, 9.17) is 4.74 Å². The first-order valence-electron chi connectivity index (χ1n) is 10.7. The maximum Gasteiger partial charge on any atom is 0.340 e. The number of aryl methyl sites for hydroxylation is 2. The Kier molecular flexibility index (Phi) is 5.99. The number of esters is 1. The molecule has 0 aliphatic rings. The van der Waals surface area contributed by atoms with Crippen molar-refractivity contribution < 1.29 is 17.9 Å². The number of hydrogen-bond donors (Lipinski definition) is 1. The molecule has 1 aromatic heterocycles. The summed E-state index contributed by atoms with van der Waals surface area (Å²) in [6.07, 6.45) is 0. The third-order valence-corrected chi connectivity index (χ3v) is 7.00. The number of aromatic nitrogens is 1. The summed E-state index contributed by atoms with van der Waals surface area (Å²) in [7, 11) is -3.78. The van der Waals surface area contributed by atoms with E-state index in [0.717, 1.165) is 28.0 Å². The first-order chi connectivity index (χ1) is 15.7. The number of benzene rings is 3. The number of nitrogens with zero attached hydrogens (tertiary/aromatic N) is 1. The van der Waals surface area contributed by atoms with Gasteiger partial charge in [0.05, 0.1) is 28.3 Å². The summed E-state index contributed by atoms with van der Waals surface area (Å²) in [6.45, 7) is 7.73. The summed E-state index contributed by atoms with van der Waals surface area (Å²) < 4.78 is 35.9. The quantitative estimate of drug-likeness (QED) is 0.382. The molecular formula is C26H26N2O4S. The number of sulfonamides is 1. The number of carbonyl (C=O) groups is 1. The fraction of sp³-hybridized carbons (Fsp3) is 0.192. The van der Waals surface area contributed by atoms with Crippen LogP contribution in [0.3, 0.4) is 0 Å². The molecule has 0 spiro atoms.